The lowest BCUT2D eigenvalue weighted by Crippen LogP contribution is -2.30. The van der Waals surface area contributed by atoms with Gasteiger partial charge in [0.2, 0.25) is 0 Å². The Balaban J connectivity index is 4.47. The van der Waals surface area contributed by atoms with Crippen molar-refractivity contribution >= 4 is 85.8 Å². The Morgan fingerprint density at radius 1 is 0.765 bits per heavy atom. The molecule has 0 fully saturated rings. The van der Waals surface area contributed by atoms with E-state index in [1.165, 1.54) is 0 Å². The first kappa shape index (κ1) is 19.4. The van der Waals surface area contributed by atoms with E-state index in [1.807, 2.05) is 35.3 Å². The van der Waals surface area contributed by atoms with Crippen LogP contribution in [0.2, 0.25) is 0 Å². The minimum atomic E-state index is 0.132. The summed E-state index contributed by atoms with van der Waals surface area (Å²) in [5.74, 6) is 5.67. The fraction of sp³-hybridized carbons (Fsp3) is 1.00. The molecule has 0 spiro atoms. The van der Waals surface area contributed by atoms with Crippen LogP contribution >= 0.6 is 85.8 Å². The molecule has 2 unspecified atom stereocenters. The summed E-state index contributed by atoms with van der Waals surface area (Å²) < 4.78 is 0.264. The number of hydrogen-bond donors (Lipinski definition) is 4. The van der Waals surface area contributed by atoms with E-state index in [9.17, 15) is 0 Å². The fourth-order valence-electron chi connectivity index (χ4n) is 1.19. The molecule has 0 saturated heterocycles. The second kappa shape index (κ2) is 10.2. The smallest absolute Gasteiger partial charge is 0.0684 e. The van der Waals surface area contributed by atoms with Crippen LogP contribution in [-0.2, 0) is 0 Å². The van der Waals surface area contributed by atoms with E-state index in [2.05, 4.69) is 64.4 Å². The van der Waals surface area contributed by atoms with E-state index in [1.54, 1.807) is 0 Å². The van der Waals surface area contributed by atoms with E-state index in [0.717, 1.165) is 34.5 Å². The molecule has 0 aliphatic carbocycles. The van der Waals surface area contributed by atoms with Gasteiger partial charge in [0.1, 0.15) is 0 Å². The fourth-order valence-corrected chi connectivity index (χ4v) is 7.18. The van der Waals surface area contributed by atoms with Crippen LogP contribution in [0.25, 0.3) is 0 Å². The molecule has 104 valence electrons. The monoisotopic (exact) mass is 366 g/mol. The van der Waals surface area contributed by atoms with Crippen LogP contribution in [0.4, 0.5) is 0 Å². The van der Waals surface area contributed by atoms with Gasteiger partial charge in [0.05, 0.1) is 8.16 Å². The zero-order valence-electron chi connectivity index (χ0n) is 10.3. The van der Waals surface area contributed by atoms with Crippen molar-refractivity contribution < 1.29 is 0 Å². The average Bonchev–Trinajstić information content (AvgIpc) is 2.34. The highest BCUT2D eigenvalue weighted by atomic mass is 32.2. The van der Waals surface area contributed by atoms with Gasteiger partial charge in [-0.25, -0.2) is 0 Å². The van der Waals surface area contributed by atoms with Crippen molar-refractivity contribution in [2.24, 2.45) is 0 Å². The Labute approximate surface area is 141 Å². The van der Waals surface area contributed by atoms with Crippen molar-refractivity contribution in [2.75, 3.05) is 34.5 Å². The van der Waals surface area contributed by atoms with Gasteiger partial charge in [-0.05, 0) is 25.4 Å². The Morgan fingerprint density at radius 2 is 1.12 bits per heavy atom. The summed E-state index contributed by atoms with van der Waals surface area (Å²) in [5.41, 5.74) is 0. The number of thiol groups is 4. The minimum absolute atomic E-state index is 0.132. The molecule has 0 nitrogen and oxygen atoms in total. The maximum Gasteiger partial charge on any atom is 0.0684 e. The summed E-state index contributed by atoms with van der Waals surface area (Å²) >= 11 is 23.4. The van der Waals surface area contributed by atoms with E-state index in [0.29, 0.717) is 0 Å². The molecule has 0 radical (unpaired) electrons. The molecule has 0 aromatic heterocycles. The predicted molar refractivity (Wildman–Crippen MR) is 105 cm³/mol. The Kier molecular flexibility index (Phi) is 11.7. The van der Waals surface area contributed by atoms with Gasteiger partial charge in [-0.1, -0.05) is 0 Å². The molecule has 0 aromatic carbocycles. The van der Waals surface area contributed by atoms with Gasteiger partial charge >= 0.3 is 0 Å². The zero-order valence-corrected chi connectivity index (χ0v) is 16.3. The van der Waals surface area contributed by atoms with E-state index < -0.39 is 0 Å². The van der Waals surface area contributed by atoms with Crippen molar-refractivity contribution in [3.05, 3.63) is 0 Å². The quantitative estimate of drug-likeness (QED) is 0.336. The maximum absolute atomic E-state index is 4.50. The van der Waals surface area contributed by atoms with Crippen LogP contribution in [0.5, 0.6) is 0 Å². The van der Waals surface area contributed by atoms with Crippen LogP contribution in [0, 0.1) is 0 Å². The SMILES string of the molecule is CC(CS)(SCCS)SC(C)(CS)SCCS. The van der Waals surface area contributed by atoms with Crippen molar-refractivity contribution in [3.63, 3.8) is 0 Å². The summed E-state index contributed by atoms with van der Waals surface area (Å²) in [7, 11) is 0. The normalized spacial score (nSPS) is 18.7. The predicted octanol–water partition coefficient (Wildman–Crippen LogP) is 4.34. The lowest BCUT2D eigenvalue weighted by atomic mass is 10.5. The first-order chi connectivity index (χ1) is 7.95. The van der Waals surface area contributed by atoms with Crippen molar-refractivity contribution in [3.8, 4) is 0 Å². The second-order valence-electron chi connectivity index (χ2n) is 3.83. The summed E-state index contributed by atoms with van der Waals surface area (Å²) in [6.45, 7) is 4.53. The van der Waals surface area contributed by atoms with Crippen LogP contribution in [-0.4, -0.2) is 42.7 Å². The summed E-state index contributed by atoms with van der Waals surface area (Å²) in [6, 6.07) is 0. The molecule has 17 heavy (non-hydrogen) atoms. The lowest BCUT2D eigenvalue weighted by molar-refractivity contribution is 0.982. The molecule has 0 heterocycles. The summed E-state index contributed by atoms with van der Waals surface area (Å²) in [6.07, 6.45) is 0. The first-order valence-corrected chi connectivity index (χ1v) is 10.7. The maximum atomic E-state index is 4.50. The molecular weight excluding hydrogens is 345 g/mol. The van der Waals surface area contributed by atoms with Gasteiger partial charge in [-0.2, -0.15) is 50.5 Å². The molecule has 0 aliphatic rings. The molecule has 0 bridgehead atoms. The van der Waals surface area contributed by atoms with Crippen molar-refractivity contribution in [2.45, 2.75) is 22.0 Å². The molecule has 7 heteroatoms. The first-order valence-electron chi connectivity index (χ1n) is 5.37. The molecule has 0 rings (SSSR count). The van der Waals surface area contributed by atoms with Crippen LogP contribution in [0.15, 0.2) is 0 Å². The lowest BCUT2D eigenvalue weighted by Gasteiger charge is -2.37. The Morgan fingerprint density at radius 3 is 1.35 bits per heavy atom. The number of thioether (sulfide) groups is 3. The highest BCUT2D eigenvalue weighted by molar-refractivity contribution is 8.26. The standard InChI is InChI=1S/C10H22S7/c1-9(7-13,15-5-3-11)17-10(2,8-14)16-6-4-12/h11-14H,3-8H2,1-2H3. The van der Waals surface area contributed by atoms with Crippen molar-refractivity contribution in [1.82, 2.24) is 0 Å². The zero-order chi connectivity index (χ0) is 13.4. The Bertz CT molecular complexity index is 181. The third kappa shape index (κ3) is 8.35. The van der Waals surface area contributed by atoms with Crippen LogP contribution < -0.4 is 0 Å². The highest BCUT2D eigenvalue weighted by Gasteiger charge is 2.35. The van der Waals surface area contributed by atoms with Gasteiger partial charge in [-0.3, -0.25) is 0 Å². The number of hydrogen-bond acceptors (Lipinski definition) is 7. The summed E-state index contributed by atoms with van der Waals surface area (Å²) in [4.78, 5) is 0. The van der Waals surface area contributed by atoms with Gasteiger partial charge in [-0.15, -0.1) is 35.3 Å². The third-order valence-electron chi connectivity index (χ3n) is 2.00. The molecule has 0 N–H and O–H groups in total. The third-order valence-corrected chi connectivity index (χ3v) is 9.86. The average molecular weight is 367 g/mol. The topological polar surface area (TPSA) is 0 Å². The second-order valence-corrected chi connectivity index (χ2v) is 11.1. The molecule has 0 saturated carbocycles. The molecule has 2 atom stereocenters. The molecular formula is C10H22S7. The van der Waals surface area contributed by atoms with Crippen molar-refractivity contribution in [1.29, 1.82) is 0 Å². The van der Waals surface area contributed by atoms with Gasteiger partial charge in [0, 0.05) is 23.0 Å². The molecule has 0 amide bonds. The van der Waals surface area contributed by atoms with E-state index in [-0.39, 0.29) is 8.16 Å². The molecule has 0 aliphatic heterocycles. The van der Waals surface area contributed by atoms with Gasteiger partial charge < -0.3 is 0 Å². The summed E-state index contributed by atoms with van der Waals surface area (Å²) in [5, 5.41) is 0. The minimum Gasteiger partial charge on any atom is -0.179 e. The van der Waals surface area contributed by atoms with Crippen LogP contribution in [0.1, 0.15) is 13.8 Å². The molecule has 0 aromatic rings. The van der Waals surface area contributed by atoms with Crippen LogP contribution in [0.3, 0.4) is 0 Å². The van der Waals surface area contributed by atoms with E-state index in [4.69, 9.17) is 0 Å². The van der Waals surface area contributed by atoms with E-state index >= 15 is 0 Å². The highest BCUT2D eigenvalue weighted by Crippen LogP contribution is 2.50. The number of rotatable bonds is 10. The largest absolute Gasteiger partial charge is 0.179 e. The van der Waals surface area contributed by atoms with Gasteiger partial charge in [0.25, 0.3) is 0 Å². The van der Waals surface area contributed by atoms with Gasteiger partial charge in [0.15, 0.2) is 0 Å². The Hall–Kier alpha value is 2.45.